The minimum Gasteiger partial charge on any atom is -0.315 e. The lowest BCUT2D eigenvalue weighted by Gasteiger charge is -2.13. The second kappa shape index (κ2) is 5.28. The molecule has 0 aliphatic carbocycles. The number of hydrogen-bond donors (Lipinski definition) is 2. The summed E-state index contributed by atoms with van der Waals surface area (Å²) in [7, 11) is -3.68. The molecule has 1 unspecified atom stereocenters. The van der Waals surface area contributed by atoms with Crippen molar-refractivity contribution < 1.29 is 8.42 Å². The molecule has 0 aliphatic heterocycles. The zero-order chi connectivity index (χ0) is 14.0. The third kappa shape index (κ3) is 3.12. The van der Waals surface area contributed by atoms with Gasteiger partial charge < -0.3 is 4.98 Å². The predicted molar refractivity (Wildman–Crippen MR) is 74.9 cm³/mol. The molecule has 2 rings (SSSR count). The summed E-state index contributed by atoms with van der Waals surface area (Å²) in [5.41, 5.74) is 1.23. The van der Waals surface area contributed by atoms with Crippen molar-refractivity contribution >= 4 is 21.4 Å². The molecule has 5 nitrogen and oxygen atoms in total. The third-order valence-corrected chi connectivity index (χ3v) is 5.80. The molecule has 2 N–H and O–H groups in total. The summed E-state index contributed by atoms with van der Waals surface area (Å²) in [4.78, 5) is 13.3. The van der Waals surface area contributed by atoms with Crippen LogP contribution >= 0.6 is 11.3 Å². The van der Waals surface area contributed by atoms with E-state index in [1.807, 2.05) is 30.3 Å². The topological polar surface area (TPSA) is 79.0 Å². The van der Waals surface area contributed by atoms with E-state index in [1.54, 1.807) is 13.8 Å². The van der Waals surface area contributed by atoms with E-state index in [4.69, 9.17) is 0 Å². The van der Waals surface area contributed by atoms with Crippen molar-refractivity contribution in [1.29, 1.82) is 0 Å². The lowest BCUT2D eigenvalue weighted by atomic mass is 10.1. The van der Waals surface area contributed by atoms with E-state index in [1.165, 1.54) is 0 Å². The molecular weight excluding hydrogens is 284 g/mol. The van der Waals surface area contributed by atoms with Crippen molar-refractivity contribution in [3.8, 4) is 0 Å². The number of sulfonamides is 1. The highest BCUT2D eigenvalue weighted by Crippen LogP contribution is 2.20. The molecule has 0 fully saturated rings. The number of aryl methyl sites for hydroxylation is 1. The van der Waals surface area contributed by atoms with Gasteiger partial charge in [0.1, 0.15) is 0 Å². The Kier molecular flexibility index (Phi) is 3.88. The quantitative estimate of drug-likeness (QED) is 0.903. The average molecular weight is 298 g/mol. The second-order valence-electron chi connectivity index (χ2n) is 4.18. The van der Waals surface area contributed by atoms with Gasteiger partial charge in [-0.3, -0.25) is 4.79 Å². The van der Waals surface area contributed by atoms with Crippen molar-refractivity contribution in [1.82, 2.24) is 9.71 Å². The van der Waals surface area contributed by atoms with Gasteiger partial charge in [0.05, 0.1) is 0 Å². The van der Waals surface area contributed by atoms with Crippen LogP contribution in [0, 0.1) is 6.92 Å². The molecule has 0 bridgehead atoms. The Balaban J connectivity index is 2.28. The molecule has 1 aromatic heterocycles. The van der Waals surface area contributed by atoms with Crippen molar-refractivity contribution in [3.63, 3.8) is 0 Å². The van der Waals surface area contributed by atoms with Gasteiger partial charge in [-0.25, -0.2) is 13.1 Å². The number of aromatic amines is 1. The maximum Gasteiger partial charge on any atom is 0.305 e. The molecule has 19 heavy (non-hydrogen) atoms. The van der Waals surface area contributed by atoms with Crippen LogP contribution < -0.4 is 9.60 Å². The van der Waals surface area contributed by atoms with E-state index < -0.39 is 10.0 Å². The van der Waals surface area contributed by atoms with Gasteiger partial charge in [0, 0.05) is 11.7 Å². The van der Waals surface area contributed by atoms with Gasteiger partial charge in [-0.15, -0.1) is 0 Å². The van der Waals surface area contributed by atoms with Crippen molar-refractivity contribution in [2.45, 2.75) is 24.1 Å². The fourth-order valence-corrected chi connectivity index (χ4v) is 4.29. The van der Waals surface area contributed by atoms with Crippen molar-refractivity contribution in [2.75, 3.05) is 0 Å². The third-order valence-electron chi connectivity index (χ3n) is 2.66. The van der Waals surface area contributed by atoms with Gasteiger partial charge in [0.2, 0.25) is 0 Å². The van der Waals surface area contributed by atoms with Crippen molar-refractivity contribution in [3.05, 3.63) is 51.3 Å². The van der Waals surface area contributed by atoms with Crippen LogP contribution in [0.15, 0.2) is 39.3 Å². The van der Waals surface area contributed by atoms with Crippen LogP contribution in [-0.2, 0) is 10.0 Å². The second-order valence-corrected chi connectivity index (χ2v) is 7.07. The lowest BCUT2D eigenvalue weighted by molar-refractivity contribution is 0.568. The SMILES string of the molecule is Cc1[nH]c(=O)sc1S(=O)(=O)NC(C)c1ccccc1. The van der Waals surface area contributed by atoms with E-state index in [2.05, 4.69) is 9.71 Å². The average Bonchev–Trinajstić information content (AvgIpc) is 2.70. The summed E-state index contributed by atoms with van der Waals surface area (Å²) in [5.74, 6) is 0. The number of rotatable bonds is 4. The number of hydrogen-bond acceptors (Lipinski definition) is 4. The molecule has 0 saturated heterocycles. The van der Waals surface area contributed by atoms with Crippen LogP contribution in [0.1, 0.15) is 24.2 Å². The summed E-state index contributed by atoms with van der Waals surface area (Å²) in [6.45, 7) is 3.33. The molecule has 2 aromatic rings. The number of thiazole rings is 1. The Labute approximate surface area is 115 Å². The largest absolute Gasteiger partial charge is 0.315 e. The molecule has 102 valence electrons. The maximum absolute atomic E-state index is 12.2. The molecular formula is C12H14N2O3S2. The maximum atomic E-state index is 12.2. The van der Waals surface area contributed by atoms with Gasteiger partial charge >= 0.3 is 4.87 Å². The molecule has 0 saturated carbocycles. The van der Waals surface area contributed by atoms with Gasteiger partial charge in [-0.05, 0) is 19.4 Å². The van der Waals surface area contributed by atoms with Gasteiger partial charge in [-0.1, -0.05) is 41.7 Å². The minimum absolute atomic E-state index is 0.0419. The highest BCUT2D eigenvalue weighted by molar-refractivity contribution is 7.91. The van der Waals surface area contributed by atoms with Gasteiger partial charge in [0.25, 0.3) is 10.0 Å². The molecule has 0 radical (unpaired) electrons. The fourth-order valence-electron chi connectivity index (χ4n) is 1.74. The van der Waals surface area contributed by atoms with E-state index in [-0.39, 0.29) is 15.1 Å². The van der Waals surface area contributed by atoms with Gasteiger partial charge in [-0.2, -0.15) is 0 Å². The summed E-state index contributed by atoms with van der Waals surface area (Å²) >= 11 is 0.697. The lowest BCUT2D eigenvalue weighted by Crippen LogP contribution is -2.26. The Morgan fingerprint density at radius 2 is 1.89 bits per heavy atom. The number of H-pyrrole nitrogens is 1. The number of nitrogens with one attached hydrogen (secondary N) is 2. The molecule has 0 amide bonds. The van der Waals surface area contributed by atoms with Crippen LogP contribution in [0.25, 0.3) is 0 Å². The summed E-state index contributed by atoms with van der Waals surface area (Å²) < 4.78 is 27.0. The fraction of sp³-hybridized carbons (Fsp3) is 0.250. The zero-order valence-electron chi connectivity index (χ0n) is 10.5. The van der Waals surface area contributed by atoms with Crippen LogP contribution in [0.3, 0.4) is 0 Å². The Bertz CT molecular complexity index is 717. The normalized spacial score (nSPS) is 13.4. The molecule has 0 spiro atoms. The first-order valence-electron chi connectivity index (χ1n) is 5.67. The van der Waals surface area contributed by atoms with E-state index in [0.29, 0.717) is 17.0 Å². The van der Waals surface area contributed by atoms with Crippen molar-refractivity contribution in [2.24, 2.45) is 0 Å². The predicted octanol–water partition coefficient (Wildman–Crippen LogP) is 1.78. The molecule has 1 atom stereocenters. The first-order chi connectivity index (χ1) is 8.90. The standard InChI is InChI=1S/C12H14N2O3S2/c1-8(10-6-4-3-5-7-10)14-19(16,17)11-9(2)13-12(15)18-11/h3-8,14H,1-2H3,(H,13,15). The summed E-state index contributed by atoms with van der Waals surface area (Å²) in [5, 5.41) is 0. The monoisotopic (exact) mass is 298 g/mol. The highest BCUT2D eigenvalue weighted by atomic mass is 32.2. The number of aromatic nitrogens is 1. The van der Waals surface area contributed by atoms with Gasteiger partial charge in [0.15, 0.2) is 4.21 Å². The Morgan fingerprint density at radius 1 is 1.26 bits per heavy atom. The minimum atomic E-state index is -3.68. The Morgan fingerprint density at radius 3 is 2.42 bits per heavy atom. The highest BCUT2D eigenvalue weighted by Gasteiger charge is 2.23. The molecule has 1 aromatic carbocycles. The summed E-state index contributed by atoms with van der Waals surface area (Å²) in [6, 6.07) is 8.90. The van der Waals surface area contributed by atoms with Crippen LogP contribution in [-0.4, -0.2) is 13.4 Å². The first kappa shape index (κ1) is 14.0. The van der Waals surface area contributed by atoms with Crippen LogP contribution in [0.5, 0.6) is 0 Å². The molecule has 0 aliphatic rings. The Hall–Kier alpha value is -1.44. The first-order valence-corrected chi connectivity index (χ1v) is 7.97. The molecule has 1 heterocycles. The van der Waals surface area contributed by atoms with E-state index in [9.17, 15) is 13.2 Å². The smallest absolute Gasteiger partial charge is 0.305 e. The zero-order valence-corrected chi connectivity index (χ0v) is 12.1. The molecule has 7 heteroatoms. The summed E-state index contributed by atoms with van der Waals surface area (Å²) in [6.07, 6.45) is 0. The number of benzene rings is 1. The van der Waals surface area contributed by atoms with Crippen LogP contribution in [0.2, 0.25) is 0 Å². The van der Waals surface area contributed by atoms with E-state index in [0.717, 1.165) is 5.56 Å². The van der Waals surface area contributed by atoms with E-state index >= 15 is 0 Å². The van der Waals surface area contributed by atoms with Crippen LogP contribution in [0.4, 0.5) is 0 Å².